The molecule has 5 aromatic rings. The Hall–Kier alpha value is -3.95. The third kappa shape index (κ3) is 2.68. The number of aromatic amines is 1. The fourth-order valence-electron chi connectivity index (χ4n) is 3.36. The first-order valence-corrected chi connectivity index (χ1v) is 8.54. The lowest BCUT2D eigenvalue weighted by Gasteiger charge is -2.12. The van der Waals surface area contributed by atoms with Crippen molar-refractivity contribution in [2.75, 3.05) is 5.73 Å². The molecule has 0 saturated carbocycles. The van der Waals surface area contributed by atoms with Crippen molar-refractivity contribution in [3.8, 4) is 22.4 Å². The molecule has 3 N–H and O–H groups in total. The zero-order valence-corrected chi connectivity index (χ0v) is 14.6. The first kappa shape index (κ1) is 17.2. The second-order valence-electron chi connectivity index (χ2n) is 6.38. The van der Waals surface area contributed by atoms with Crippen LogP contribution in [-0.4, -0.2) is 29.8 Å². The highest BCUT2D eigenvalue weighted by atomic mass is 19.4. The van der Waals surface area contributed by atoms with Gasteiger partial charge in [0.15, 0.2) is 5.65 Å². The lowest BCUT2D eigenvalue weighted by atomic mass is 9.98. The Morgan fingerprint density at radius 1 is 1.00 bits per heavy atom. The highest BCUT2D eigenvalue weighted by molar-refractivity contribution is 5.95. The van der Waals surface area contributed by atoms with E-state index in [4.69, 9.17) is 5.73 Å². The summed E-state index contributed by atoms with van der Waals surface area (Å²) in [6.45, 7) is 0. The van der Waals surface area contributed by atoms with E-state index in [0.717, 1.165) is 5.56 Å². The number of nitrogen functional groups attached to an aromatic ring is 1. The minimum absolute atomic E-state index is 0.0384. The van der Waals surface area contributed by atoms with E-state index in [9.17, 15) is 13.2 Å². The van der Waals surface area contributed by atoms with Crippen LogP contribution in [0, 0.1) is 0 Å². The molecule has 0 bridgehead atoms. The molecule has 0 unspecified atom stereocenters. The number of hydrogen-bond donors (Lipinski definition) is 2. The first-order chi connectivity index (χ1) is 13.9. The number of anilines is 1. The Balaban J connectivity index is 1.85. The van der Waals surface area contributed by atoms with Crippen molar-refractivity contribution in [2.24, 2.45) is 0 Å². The van der Waals surface area contributed by atoms with E-state index < -0.39 is 11.9 Å². The average molecular weight is 395 g/mol. The number of nitrogens with zero attached hydrogens (tertiary/aromatic N) is 5. The number of hydrogen-bond acceptors (Lipinski definition) is 5. The predicted octanol–water partition coefficient (Wildman–Crippen LogP) is 3.94. The maximum Gasteiger partial charge on any atom is 0.433 e. The van der Waals surface area contributed by atoms with E-state index in [-0.39, 0.29) is 16.9 Å². The van der Waals surface area contributed by atoms with E-state index in [1.54, 1.807) is 6.07 Å². The van der Waals surface area contributed by atoms with Crippen molar-refractivity contribution in [3.05, 3.63) is 60.6 Å². The Bertz CT molecular complexity index is 1350. The summed E-state index contributed by atoms with van der Waals surface area (Å²) >= 11 is 0. The van der Waals surface area contributed by atoms with Gasteiger partial charge >= 0.3 is 6.18 Å². The molecular formula is C19H12F3N7. The van der Waals surface area contributed by atoms with Gasteiger partial charge in [-0.05, 0) is 17.7 Å². The molecule has 2 aromatic carbocycles. The molecule has 0 aliphatic rings. The molecule has 5 rings (SSSR count). The van der Waals surface area contributed by atoms with Crippen LogP contribution in [0.2, 0.25) is 0 Å². The Labute approximate surface area is 161 Å². The summed E-state index contributed by atoms with van der Waals surface area (Å²) in [6.07, 6.45) is -3.23. The summed E-state index contributed by atoms with van der Waals surface area (Å²) in [5.74, 6) is 0.125. The number of aromatic nitrogens is 6. The molecule has 3 aromatic heterocycles. The smallest absolute Gasteiger partial charge is 0.368 e. The largest absolute Gasteiger partial charge is 0.433 e. The molecule has 0 aliphatic heterocycles. The zero-order chi connectivity index (χ0) is 20.2. The molecule has 3 heterocycles. The van der Waals surface area contributed by atoms with Crippen LogP contribution in [0.4, 0.5) is 19.1 Å². The fourth-order valence-corrected chi connectivity index (χ4v) is 3.36. The summed E-state index contributed by atoms with van der Waals surface area (Å²) in [5.41, 5.74) is 8.00. The van der Waals surface area contributed by atoms with Crippen molar-refractivity contribution in [2.45, 2.75) is 6.18 Å². The topological polar surface area (TPSA) is 97.8 Å². The summed E-state index contributed by atoms with van der Waals surface area (Å²) < 4.78 is 41.4. The van der Waals surface area contributed by atoms with Crippen molar-refractivity contribution < 1.29 is 13.2 Å². The van der Waals surface area contributed by atoms with Gasteiger partial charge in [-0.15, -0.1) is 0 Å². The van der Waals surface area contributed by atoms with Crippen molar-refractivity contribution in [3.63, 3.8) is 0 Å². The molecule has 0 saturated heterocycles. The highest BCUT2D eigenvalue weighted by Gasteiger charge is 2.35. The highest BCUT2D eigenvalue weighted by Crippen LogP contribution is 2.38. The number of nitrogens with one attached hydrogen (secondary N) is 1. The Morgan fingerprint density at radius 3 is 2.55 bits per heavy atom. The van der Waals surface area contributed by atoms with Crippen LogP contribution in [-0.2, 0) is 6.18 Å². The lowest BCUT2D eigenvalue weighted by Crippen LogP contribution is -2.06. The summed E-state index contributed by atoms with van der Waals surface area (Å²) in [4.78, 5) is 8.72. The van der Waals surface area contributed by atoms with Gasteiger partial charge in [0.05, 0.1) is 16.8 Å². The lowest BCUT2D eigenvalue weighted by molar-refractivity contribution is -0.139. The number of halogens is 3. The molecule has 29 heavy (non-hydrogen) atoms. The molecule has 7 nitrogen and oxygen atoms in total. The van der Waals surface area contributed by atoms with E-state index in [1.165, 1.54) is 23.0 Å². The number of benzene rings is 2. The monoisotopic (exact) mass is 395 g/mol. The summed E-state index contributed by atoms with van der Waals surface area (Å²) in [5, 5.41) is 9.86. The van der Waals surface area contributed by atoms with E-state index in [2.05, 4.69) is 25.3 Å². The molecular weight excluding hydrogens is 383 g/mol. The van der Waals surface area contributed by atoms with Crippen LogP contribution in [0.15, 0.2) is 54.9 Å². The van der Waals surface area contributed by atoms with Crippen LogP contribution < -0.4 is 5.73 Å². The Morgan fingerprint density at radius 2 is 1.79 bits per heavy atom. The summed E-state index contributed by atoms with van der Waals surface area (Å²) in [7, 11) is 0. The van der Waals surface area contributed by atoms with Gasteiger partial charge in [0.25, 0.3) is 0 Å². The van der Waals surface area contributed by atoms with Gasteiger partial charge in [-0.25, -0.2) is 9.97 Å². The van der Waals surface area contributed by atoms with Crippen LogP contribution in [0.1, 0.15) is 5.69 Å². The standard InChI is InChI=1S/C19H12F3N7/c20-19(21,22)16-12-8-11(6-7-13(12)27-28-16)14-15(10-4-2-1-3-5-10)26-18(23)29-17(14)24-9-25-29/h1-9H,(H2,23,26)(H,27,28). The molecule has 0 amide bonds. The minimum Gasteiger partial charge on any atom is -0.368 e. The van der Waals surface area contributed by atoms with E-state index in [1.807, 2.05) is 30.3 Å². The molecule has 0 fully saturated rings. The zero-order valence-electron chi connectivity index (χ0n) is 14.6. The van der Waals surface area contributed by atoms with Gasteiger partial charge in [-0.1, -0.05) is 36.4 Å². The summed E-state index contributed by atoms with van der Waals surface area (Å²) in [6, 6.07) is 13.8. The maximum absolute atomic E-state index is 13.4. The molecule has 10 heteroatoms. The number of nitrogens with two attached hydrogens (primary N) is 1. The normalized spacial score (nSPS) is 12.1. The first-order valence-electron chi connectivity index (χ1n) is 8.54. The molecule has 0 aliphatic carbocycles. The van der Waals surface area contributed by atoms with Crippen molar-refractivity contribution >= 4 is 22.5 Å². The quantitative estimate of drug-likeness (QED) is 0.472. The molecule has 0 spiro atoms. The predicted molar refractivity (Wildman–Crippen MR) is 101 cm³/mol. The number of fused-ring (bicyclic) bond motifs is 2. The van der Waals surface area contributed by atoms with Crippen LogP contribution in [0.25, 0.3) is 38.9 Å². The van der Waals surface area contributed by atoms with Gasteiger partial charge < -0.3 is 5.73 Å². The van der Waals surface area contributed by atoms with Crippen molar-refractivity contribution in [1.82, 2.24) is 29.8 Å². The second kappa shape index (κ2) is 6.03. The van der Waals surface area contributed by atoms with Crippen molar-refractivity contribution in [1.29, 1.82) is 0 Å². The third-order valence-electron chi connectivity index (χ3n) is 4.62. The molecule has 144 valence electrons. The van der Waals surface area contributed by atoms with Gasteiger partial charge in [-0.3, -0.25) is 5.10 Å². The van der Waals surface area contributed by atoms with Gasteiger partial charge in [0.1, 0.15) is 12.0 Å². The number of H-pyrrole nitrogens is 1. The van der Waals surface area contributed by atoms with Crippen LogP contribution >= 0.6 is 0 Å². The number of alkyl halides is 3. The third-order valence-corrected chi connectivity index (χ3v) is 4.62. The SMILES string of the molecule is Nc1nc(-c2ccccc2)c(-c2ccc3n[nH]c(C(F)(F)F)c3c2)c2ncnn12. The van der Waals surface area contributed by atoms with Crippen LogP contribution in [0.3, 0.4) is 0 Å². The van der Waals surface area contributed by atoms with Gasteiger partial charge in [0, 0.05) is 10.9 Å². The van der Waals surface area contributed by atoms with E-state index in [0.29, 0.717) is 22.5 Å². The maximum atomic E-state index is 13.4. The van der Waals surface area contributed by atoms with E-state index >= 15 is 0 Å². The molecule has 0 atom stereocenters. The van der Waals surface area contributed by atoms with Gasteiger partial charge in [0.2, 0.25) is 5.95 Å². The minimum atomic E-state index is -4.56. The second-order valence-corrected chi connectivity index (χ2v) is 6.38. The fraction of sp³-hybridized carbons (Fsp3) is 0.0526. The van der Waals surface area contributed by atoms with Crippen LogP contribution in [0.5, 0.6) is 0 Å². The number of rotatable bonds is 2. The Kier molecular flexibility index (Phi) is 3.57. The molecule has 0 radical (unpaired) electrons. The average Bonchev–Trinajstić information content (AvgIpc) is 3.35. The van der Waals surface area contributed by atoms with Gasteiger partial charge in [-0.2, -0.15) is 27.9 Å².